The van der Waals surface area contributed by atoms with Crippen molar-refractivity contribution in [3.05, 3.63) is 52.7 Å². The lowest BCUT2D eigenvalue weighted by Crippen LogP contribution is -2.51. The lowest BCUT2D eigenvalue weighted by atomic mass is 9.88. The Balaban J connectivity index is 1.50. The van der Waals surface area contributed by atoms with E-state index in [0.29, 0.717) is 17.9 Å². The summed E-state index contributed by atoms with van der Waals surface area (Å²) in [6.07, 6.45) is 6.15. The Bertz CT molecular complexity index is 902. The fraction of sp³-hybridized carbons (Fsp3) is 0.542. The summed E-state index contributed by atoms with van der Waals surface area (Å²) in [5, 5.41) is 0. The third-order valence-electron chi connectivity index (χ3n) is 6.47. The fourth-order valence-electron chi connectivity index (χ4n) is 4.76. The average Bonchev–Trinajstić information content (AvgIpc) is 2.77. The molecule has 0 N–H and O–H groups in total. The number of hydrogen-bond acceptors (Lipinski definition) is 4. The van der Waals surface area contributed by atoms with Gasteiger partial charge in [-0.15, -0.1) is 0 Å². The highest BCUT2D eigenvalue weighted by Gasteiger charge is 2.29. The maximum Gasteiger partial charge on any atom is 0.225 e. The van der Waals surface area contributed by atoms with Crippen LogP contribution >= 0.6 is 0 Å². The van der Waals surface area contributed by atoms with Gasteiger partial charge in [-0.05, 0) is 38.3 Å². The van der Waals surface area contributed by atoms with Crippen molar-refractivity contribution in [2.45, 2.75) is 52.4 Å². The van der Waals surface area contributed by atoms with Crippen molar-refractivity contribution in [2.24, 2.45) is 5.92 Å². The third kappa shape index (κ3) is 4.47. The zero-order chi connectivity index (χ0) is 21.1. The molecule has 1 aromatic carbocycles. The molecule has 0 radical (unpaired) electrons. The molecule has 5 nitrogen and oxygen atoms in total. The van der Waals surface area contributed by atoms with Gasteiger partial charge in [0, 0.05) is 49.8 Å². The fourth-order valence-corrected chi connectivity index (χ4v) is 4.76. The molecule has 30 heavy (non-hydrogen) atoms. The van der Waals surface area contributed by atoms with Crippen molar-refractivity contribution in [1.29, 1.82) is 0 Å². The number of anilines is 1. The molecular formula is C24H31FN4O. The van der Waals surface area contributed by atoms with Gasteiger partial charge in [-0.3, -0.25) is 4.79 Å². The second-order valence-corrected chi connectivity index (χ2v) is 8.57. The Morgan fingerprint density at radius 2 is 1.73 bits per heavy atom. The van der Waals surface area contributed by atoms with Crippen LogP contribution < -0.4 is 4.90 Å². The van der Waals surface area contributed by atoms with Crippen LogP contribution in [0.2, 0.25) is 0 Å². The minimum Gasteiger partial charge on any atom is -0.353 e. The number of halogens is 1. The summed E-state index contributed by atoms with van der Waals surface area (Å²) >= 11 is 0. The zero-order valence-corrected chi connectivity index (χ0v) is 18.0. The van der Waals surface area contributed by atoms with Gasteiger partial charge in [0.15, 0.2) is 0 Å². The molecule has 0 atom stereocenters. The predicted molar refractivity (Wildman–Crippen MR) is 116 cm³/mol. The molecule has 0 unspecified atom stereocenters. The zero-order valence-electron chi connectivity index (χ0n) is 18.0. The predicted octanol–water partition coefficient (Wildman–Crippen LogP) is 4.05. The van der Waals surface area contributed by atoms with Gasteiger partial charge in [0.1, 0.15) is 17.5 Å². The van der Waals surface area contributed by atoms with E-state index >= 15 is 0 Å². The summed E-state index contributed by atoms with van der Waals surface area (Å²) in [4.78, 5) is 26.4. The Hall–Kier alpha value is -2.50. The molecular weight excluding hydrogens is 379 g/mol. The van der Waals surface area contributed by atoms with Crippen LogP contribution in [0.25, 0.3) is 0 Å². The van der Waals surface area contributed by atoms with E-state index in [1.807, 2.05) is 30.9 Å². The molecule has 6 heteroatoms. The first-order chi connectivity index (χ1) is 14.5. The summed E-state index contributed by atoms with van der Waals surface area (Å²) in [5.74, 6) is 1.95. The topological polar surface area (TPSA) is 49.3 Å². The Morgan fingerprint density at radius 3 is 2.43 bits per heavy atom. The highest BCUT2D eigenvalue weighted by Crippen LogP contribution is 2.28. The molecule has 1 saturated heterocycles. The molecule has 1 saturated carbocycles. The molecule has 1 aliphatic heterocycles. The van der Waals surface area contributed by atoms with E-state index in [1.165, 1.54) is 25.3 Å². The molecule has 2 heterocycles. The molecule has 0 spiro atoms. The third-order valence-corrected chi connectivity index (χ3v) is 6.47. The van der Waals surface area contributed by atoms with E-state index in [1.54, 1.807) is 6.07 Å². The highest BCUT2D eigenvalue weighted by molar-refractivity contribution is 5.79. The van der Waals surface area contributed by atoms with Crippen molar-refractivity contribution in [2.75, 3.05) is 31.1 Å². The number of nitrogens with zero attached hydrogens (tertiary/aromatic N) is 4. The second kappa shape index (κ2) is 9.11. The standard InChI is InChI=1S/C24H31FN4O/c1-17-21(16-20-10-6-7-11-22(20)25)23(27-18(2)26-17)28-12-14-29(15-13-28)24(30)19-8-4-3-5-9-19/h6-7,10-11,19H,3-5,8-9,12-16H2,1-2H3. The maximum atomic E-state index is 14.3. The van der Waals surface area contributed by atoms with Crippen LogP contribution in [0.3, 0.4) is 0 Å². The van der Waals surface area contributed by atoms with E-state index in [2.05, 4.69) is 9.88 Å². The molecule has 0 bridgehead atoms. The summed E-state index contributed by atoms with van der Waals surface area (Å²) in [6, 6.07) is 6.88. The first kappa shape index (κ1) is 20.8. The molecule has 4 rings (SSSR count). The van der Waals surface area contributed by atoms with Crippen molar-refractivity contribution >= 4 is 11.7 Å². The maximum absolute atomic E-state index is 14.3. The van der Waals surface area contributed by atoms with E-state index in [0.717, 1.165) is 61.9 Å². The Morgan fingerprint density at radius 1 is 1.03 bits per heavy atom. The summed E-state index contributed by atoms with van der Waals surface area (Å²) < 4.78 is 14.3. The molecule has 2 aromatic rings. The number of aromatic nitrogens is 2. The first-order valence-electron chi connectivity index (χ1n) is 11.1. The number of amides is 1. The summed E-state index contributed by atoms with van der Waals surface area (Å²) in [7, 11) is 0. The number of aryl methyl sites for hydroxylation is 2. The average molecular weight is 411 g/mol. The van der Waals surface area contributed by atoms with Crippen molar-refractivity contribution in [3.63, 3.8) is 0 Å². The first-order valence-corrected chi connectivity index (χ1v) is 11.1. The Labute approximate surface area is 178 Å². The lowest BCUT2D eigenvalue weighted by Gasteiger charge is -2.38. The van der Waals surface area contributed by atoms with Gasteiger partial charge in [-0.1, -0.05) is 37.5 Å². The highest BCUT2D eigenvalue weighted by atomic mass is 19.1. The molecule has 1 aromatic heterocycles. The normalized spacial score (nSPS) is 18.0. The van der Waals surface area contributed by atoms with Gasteiger partial charge in [-0.2, -0.15) is 0 Å². The molecule has 1 aliphatic carbocycles. The monoisotopic (exact) mass is 410 g/mol. The SMILES string of the molecule is Cc1nc(C)c(Cc2ccccc2F)c(N2CCN(C(=O)C3CCCCC3)CC2)n1. The van der Waals surface area contributed by atoms with Crippen molar-refractivity contribution < 1.29 is 9.18 Å². The van der Waals surface area contributed by atoms with Crippen LogP contribution in [-0.4, -0.2) is 47.0 Å². The minimum atomic E-state index is -0.202. The van der Waals surface area contributed by atoms with E-state index in [9.17, 15) is 9.18 Å². The van der Waals surface area contributed by atoms with E-state index in [4.69, 9.17) is 4.98 Å². The smallest absolute Gasteiger partial charge is 0.225 e. The summed E-state index contributed by atoms with van der Waals surface area (Å²) in [5.41, 5.74) is 2.51. The van der Waals surface area contributed by atoms with Gasteiger partial charge in [0.2, 0.25) is 5.91 Å². The largest absolute Gasteiger partial charge is 0.353 e. The van der Waals surface area contributed by atoms with E-state index < -0.39 is 0 Å². The van der Waals surface area contributed by atoms with Crippen molar-refractivity contribution in [3.8, 4) is 0 Å². The van der Waals surface area contributed by atoms with Gasteiger partial charge in [-0.25, -0.2) is 14.4 Å². The number of rotatable bonds is 4. The number of carbonyl (C=O) groups is 1. The van der Waals surface area contributed by atoms with Crippen LogP contribution in [0.1, 0.15) is 54.7 Å². The number of carbonyl (C=O) groups excluding carboxylic acids is 1. The Kier molecular flexibility index (Phi) is 6.30. The van der Waals surface area contributed by atoms with Gasteiger partial charge >= 0.3 is 0 Å². The number of benzene rings is 1. The lowest BCUT2D eigenvalue weighted by molar-refractivity contribution is -0.136. The van der Waals surface area contributed by atoms with Crippen LogP contribution in [0.15, 0.2) is 24.3 Å². The van der Waals surface area contributed by atoms with Gasteiger partial charge in [0.05, 0.1) is 0 Å². The van der Waals surface area contributed by atoms with Gasteiger partial charge < -0.3 is 9.80 Å². The minimum absolute atomic E-state index is 0.202. The second-order valence-electron chi connectivity index (χ2n) is 8.57. The molecule has 2 fully saturated rings. The number of hydrogen-bond donors (Lipinski definition) is 0. The quantitative estimate of drug-likeness (QED) is 0.763. The number of piperazine rings is 1. The van der Waals surface area contributed by atoms with E-state index in [-0.39, 0.29) is 11.7 Å². The van der Waals surface area contributed by atoms with Gasteiger partial charge in [0.25, 0.3) is 0 Å². The van der Waals surface area contributed by atoms with Crippen LogP contribution in [0, 0.1) is 25.6 Å². The molecule has 1 amide bonds. The van der Waals surface area contributed by atoms with Crippen LogP contribution in [-0.2, 0) is 11.2 Å². The van der Waals surface area contributed by atoms with Crippen LogP contribution in [0.5, 0.6) is 0 Å². The van der Waals surface area contributed by atoms with Crippen molar-refractivity contribution in [1.82, 2.24) is 14.9 Å². The summed E-state index contributed by atoms with van der Waals surface area (Å²) in [6.45, 7) is 6.80. The molecule has 2 aliphatic rings. The van der Waals surface area contributed by atoms with Crippen LogP contribution in [0.4, 0.5) is 10.2 Å². The molecule has 160 valence electrons.